The standard InChI is InChI=1S/C29H35N3O8S/c1-37-26-10-9-23(20-29(26)40-4)31(41(35,36)25-8-5-7-24(19-25)32(33)34)14-6-13-30-15-11-21-17-27(38-2)28(39-3)18-22(21)12-16-30/h5,7-10,17-20H,6,11-16H2,1-4H3. The van der Waals surface area contributed by atoms with Crippen LogP contribution in [0.1, 0.15) is 17.5 Å². The zero-order valence-corrected chi connectivity index (χ0v) is 24.5. The first-order valence-corrected chi connectivity index (χ1v) is 14.6. The molecule has 0 radical (unpaired) electrons. The van der Waals surface area contributed by atoms with Crippen molar-refractivity contribution >= 4 is 21.4 Å². The fourth-order valence-electron chi connectivity index (χ4n) is 5.01. The van der Waals surface area contributed by atoms with Crippen molar-refractivity contribution in [1.29, 1.82) is 0 Å². The number of methoxy groups -OCH3 is 4. The van der Waals surface area contributed by atoms with Crippen LogP contribution in [-0.4, -0.2) is 72.9 Å². The largest absolute Gasteiger partial charge is 0.493 e. The number of anilines is 1. The summed E-state index contributed by atoms with van der Waals surface area (Å²) in [4.78, 5) is 12.9. The quantitative estimate of drug-likeness (QED) is 0.226. The molecule has 12 heteroatoms. The number of hydrogen-bond donors (Lipinski definition) is 0. The molecule has 0 aliphatic carbocycles. The molecule has 0 atom stereocenters. The zero-order chi connectivity index (χ0) is 29.6. The number of ether oxygens (including phenoxy) is 4. The van der Waals surface area contributed by atoms with Crippen molar-refractivity contribution in [3.8, 4) is 23.0 Å². The van der Waals surface area contributed by atoms with Crippen molar-refractivity contribution in [3.63, 3.8) is 0 Å². The topological polar surface area (TPSA) is 121 Å². The van der Waals surface area contributed by atoms with Gasteiger partial charge in [-0.25, -0.2) is 8.42 Å². The Kier molecular flexibility index (Phi) is 9.56. The molecule has 220 valence electrons. The maximum atomic E-state index is 13.9. The Morgan fingerprint density at radius 2 is 1.41 bits per heavy atom. The highest BCUT2D eigenvalue weighted by molar-refractivity contribution is 7.92. The maximum Gasteiger partial charge on any atom is 0.270 e. The van der Waals surface area contributed by atoms with E-state index in [9.17, 15) is 18.5 Å². The number of nitrogens with zero attached hydrogens (tertiary/aromatic N) is 3. The number of non-ortho nitro benzene ring substituents is 1. The lowest BCUT2D eigenvalue weighted by atomic mass is 10.0. The highest BCUT2D eigenvalue weighted by atomic mass is 32.2. The Hall–Kier alpha value is -4.03. The molecule has 0 aromatic heterocycles. The van der Waals surface area contributed by atoms with Gasteiger partial charge in [0.15, 0.2) is 23.0 Å². The van der Waals surface area contributed by atoms with Crippen LogP contribution in [0.4, 0.5) is 11.4 Å². The average Bonchev–Trinajstić information content (AvgIpc) is 3.19. The molecule has 0 bridgehead atoms. The summed E-state index contributed by atoms with van der Waals surface area (Å²) in [6, 6.07) is 14.0. The van der Waals surface area contributed by atoms with Crippen LogP contribution in [0.15, 0.2) is 59.5 Å². The van der Waals surface area contributed by atoms with Crippen molar-refractivity contribution in [2.45, 2.75) is 24.2 Å². The van der Waals surface area contributed by atoms with Crippen molar-refractivity contribution in [2.24, 2.45) is 0 Å². The molecule has 0 saturated heterocycles. The number of fused-ring (bicyclic) bond motifs is 1. The Balaban J connectivity index is 1.55. The van der Waals surface area contributed by atoms with Crippen molar-refractivity contribution in [3.05, 3.63) is 75.8 Å². The molecule has 3 aromatic rings. The minimum absolute atomic E-state index is 0.158. The van der Waals surface area contributed by atoms with Gasteiger partial charge in [0.05, 0.1) is 43.9 Å². The lowest BCUT2D eigenvalue weighted by Gasteiger charge is -2.27. The van der Waals surface area contributed by atoms with Crippen LogP contribution in [0.2, 0.25) is 0 Å². The summed E-state index contributed by atoms with van der Waals surface area (Å²) in [6.45, 7) is 2.45. The highest BCUT2D eigenvalue weighted by Crippen LogP contribution is 2.35. The summed E-state index contributed by atoms with van der Waals surface area (Å²) in [5.74, 6) is 2.25. The first-order chi connectivity index (χ1) is 19.7. The number of benzene rings is 3. The second-order valence-electron chi connectivity index (χ2n) is 9.54. The predicted octanol–water partition coefficient (Wildman–Crippen LogP) is 4.32. The Morgan fingerprint density at radius 3 is 1.98 bits per heavy atom. The van der Waals surface area contributed by atoms with E-state index in [0.29, 0.717) is 41.7 Å². The minimum Gasteiger partial charge on any atom is -0.493 e. The van der Waals surface area contributed by atoms with E-state index < -0.39 is 14.9 Å². The number of sulfonamides is 1. The van der Waals surface area contributed by atoms with Gasteiger partial charge in [0.1, 0.15) is 0 Å². The molecule has 0 saturated carbocycles. The van der Waals surface area contributed by atoms with E-state index in [1.165, 1.54) is 47.9 Å². The smallest absolute Gasteiger partial charge is 0.270 e. The fourth-order valence-corrected chi connectivity index (χ4v) is 6.55. The van der Waals surface area contributed by atoms with E-state index in [2.05, 4.69) is 4.90 Å². The normalized spacial score (nSPS) is 13.6. The minimum atomic E-state index is -4.14. The van der Waals surface area contributed by atoms with E-state index in [1.807, 2.05) is 12.1 Å². The molecule has 4 rings (SSSR count). The summed E-state index contributed by atoms with van der Waals surface area (Å²) >= 11 is 0. The predicted molar refractivity (Wildman–Crippen MR) is 155 cm³/mol. The number of nitro benzene ring substituents is 1. The van der Waals surface area contributed by atoms with Crippen molar-refractivity contribution < 1.29 is 32.3 Å². The third-order valence-electron chi connectivity index (χ3n) is 7.21. The van der Waals surface area contributed by atoms with Gasteiger partial charge in [-0.3, -0.25) is 14.4 Å². The second kappa shape index (κ2) is 13.1. The molecule has 1 aliphatic heterocycles. The van der Waals surface area contributed by atoms with Crippen LogP contribution < -0.4 is 23.3 Å². The highest BCUT2D eigenvalue weighted by Gasteiger charge is 2.28. The zero-order valence-electron chi connectivity index (χ0n) is 23.7. The number of nitro groups is 1. The summed E-state index contributed by atoms with van der Waals surface area (Å²) in [6.07, 6.45) is 2.20. The molecule has 0 amide bonds. The van der Waals surface area contributed by atoms with Crippen LogP contribution in [0, 0.1) is 10.1 Å². The maximum absolute atomic E-state index is 13.9. The monoisotopic (exact) mass is 585 g/mol. The molecular weight excluding hydrogens is 550 g/mol. The third-order valence-corrected chi connectivity index (χ3v) is 9.03. The summed E-state index contributed by atoms with van der Waals surface area (Å²) in [5.41, 5.74) is 2.50. The molecule has 11 nitrogen and oxygen atoms in total. The molecule has 0 spiro atoms. The summed E-state index contributed by atoms with van der Waals surface area (Å²) in [7, 11) is 2.09. The van der Waals surface area contributed by atoms with Gasteiger partial charge >= 0.3 is 0 Å². The van der Waals surface area contributed by atoms with Gasteiger partial charge in [-0.05, 0) is 67.3 Å². The van der Waals surface area contributed by atoms with Crippen LogP contribution in [0.25, 0.3) is 0 Å². The Bertz CT molecular complexity index is 1460. The van der Waals surface area contributed by atoms with Gasteiger partial charge in [0.25, 0.3) is 15.7 Å². The van der Waals surface area contributed by atoms with Gasteiger partial charge < -0.3 is 23.8 Å². The Morgan fingerprint density at radius 1 is 0.829 bits per heavy atom. The molecule has 0 unspecified atom stereocenters. The van der Waals surface area contributed by atoms with Crippen LogP contribution in [0.5, 0.6) is 23.0 Å². The summed E-state index contributed by atoms with van der Waals surface area (Å²) in [5, 5.41) is 11.3. The molecule has 3 aromatic carbocycles. The van der Waals surface area contributed by atoms with Crippen LogP contribution >= 0.6 is 0 Å². The van der Waals surface area contributed by atoms with E-state index in [0.717, 1.165) is 32.0 Å². The summed E-state index contributed by atoms with van der Waals surface area (Å²) < 4.78 is 50.7. The molecule has 1 aliphatic rings. The molecule has 0 fully saturated rings. The fraction of sp³-hybridized carbons (Fsp3) is 0.379. The third kappa shape index (κ3) is 6.66. The lowest BCUT2D eigenvalue weighted by molar-refractivity contribution is -0.385. The van der Waals surface area contributed by atoms with Crippen LogP contribution in [0.3, 0.4) is 0 Å². The lowest BCUT2D eigenvalue weighted by Crippen LogP contribution is -2.35. The van der Waals surface area contributed by atoms with E-state index in [4.69, 9.17) is 18.9 Å². The van der Waals surface area contributed by atoms with Crippen molar-refractivity contribution in [1.82, 2.24) is 4.90 Å². The molecule has 0 N–H and O–H groups in total. The number of hydrogen-bond acceptors (Lipinski definition) is 9. The molecular formula is C29H35N3O8S. The van der Waals surface area contributed by atoms with E-state index in [1.54, 1.807) is 32.4 Å². The second-order valence-corrected chi connectivity index (χ2v) is 11.4. The SMILES string of the molecule is COc1ccc(N(CCCN2CCc3cc(OC)c(OC)cc3CC2)S(=O)(=O)c2cccc([N+](=O)[O-])c2)cc1OC. The van der Waals surface area contributed by atoms with Gasteiger partial charge in [0.2, 0.25) is 0 Å². The Labute approximate surface area is 240 Å². The number of rotatable bonds is 12. The van der Waals surface area contributed by atoms with Gasteiger partial charge in [-0.15, -0.1) is 0 Å². The molecule has 1 heterocycles. The van der Waals surface area contributed by atoms with E-state index in [-0.39, 0.29) is 17.1 Å². The van der Waals surface area contributed by atoms with E-state index >= 15 is 0 Å². The van der Waals surface area contributed by atoms with Crippen molar-refractivity contribution in [2.75, 3.05) is 58.9 Å². The van der Waals surface area contributed by atoms with Gasteiger partial charge in [-0.2, -0.15) is 0 Å². The first-order valence-electron chi connectivity index (χ1n) is 13.2. The van der Waals surface area contributed by atoms with Gasteiger partial charge in [-0.1, -0.05) is 6.07 Å². The van der Waals surface area contributed by atoms with Crippen LogP contribution in [-0.2, 0) is 22.9 Å². The average molecular weight is 586 g/mol. The molecule has 41 heavy (non-hydrogen) atoms. The van der Waals surface area contributed by atoms with Gasteiger partial charge in [0, 0.05) is 37.8 Å². The first kappa shape index (κ1) is 29.9.